The summed E-state index contributed by atoms with van der Waals surface area (Å²) in [6, 6.07) is 5.67. The number of halogens is 3. The zero-order chi connectivity index (χ0) is 16.8. The van der Waals surface area contributed by atoms with E-state index in [1.54, 1.807) is 24.5 Å². The van der Waals surface area contributed by atoms with Crippen LogP contribution in [0.5, 0.6) is 0 Å². The van der Waals surface area contributed by atoms with Gasteiger partial charge in [0, 0.05) is 12.4 Å². The van der Waals surface area contributed by atoms with Crippen molar-refractivity contribution in [2.24, 2.45) is 4.99 Å². The summed E-state index contributed by atoms with van der Waals surface area (Å²) in [6.07, 6.45) is 0.964. The van der Waals surface area contributed by atoms with Gasteiger partial charge >= 0.3 is 0 Å². The Morgan fingerprint density at radius 3 is 2.67 bits per heavy atom. The molecule has 24 heavy (non-hydrogen) atoms. The molecule has 1 heterocycles. The fraction of sp³-hybridized carbons (Fsp3) is 0.375. The van der Waals surface area contributed by atoms with Crippen LogP contribution in [0, 0.1) is 0 Å². The van der Waals surface area contributed by atoms with Crippen LogP contribution >= 0.6 is 58.5 Å². The molecule has 8 heteroatoms. The van der Waals surface area contributed by atoms with E-state index in [1.807, 2.05) is 19.1 Å². The number of nitrogens with one attached hydrogen (secondary N) is 2. The summed E-state index contributed by atoms with van der Waals surface area (Å²) in [6.45, 7) is 4.80. The Morgan fingerprint density at radius 1 is 1.33 bits per heavy atom. The number of benzene rings is 1. The number of aromatic nitrogens is 1. The Morgan fingerprint density at radius 2 is 2.08 bits per heavy atom. The van der Waals surface area contributed by atoms with E-state index in [2.05, 4.69) is 32.9 Å². The van der Waals surface area contributed by atoms with E-state index in [9.17, 15) is 0 Å². The average molecular weight is 499 g/mol. The highest BCUT2D eigenvalue weighted by Gasteiger charge is 2.10. The lowest BCUT2D eigenvalue weighted by atomic mass is 10.1. The zero-order valence-corrected chi connectivity index (χ0v) is 18.4. The molecule has 0 fully saturated rings. The summed E-state index contributed by atoms with van der Waals surface area (Å²) in [4.78, 5) is 8.78. The highest BCUT2D eigenvalue weighted by atomic mass is 127. The first-order valence-corrected chi connectivity index (χ1v) is 9.02. The monoisotopic (exact) mass is 498 g/mol. The second-order valence-corrected chi connectivity index (χ2v) is 6.81. The van der Waals surface area contributed by atoms with Crippen molar-refractivity contribution in [2.75, 3.05) is 7.05 Å². The van der Waals surface area contributed by atoms with Crippen LogP contribution in [0.3, 0.4) is 0 Å². The smallest absolute Gasteiger partial charge is 0.191 e. The normalized spacial score (nSPS) is 12.5. The molecule has 4 nitrogen and oxygen atoms in total. The summed E-state index contributed by atoms with van der Waals surface area (Å²) in [5.74, 6) is 0.717. The van der Waals surface area contributed by atoms with E-state index < -0.39 is 0 Å². The lowest BCUT2D eigenvalue weighted by Crippen LogP contribution is -2.38. The minimum absolute atomic E-state index is 0. The van der Waals surface area contributed by atoms with Gasteiger partial charge < -0.3 is 10.6 Å². The van der Waals surface area contributed by atoms with Crippen LogP contribution < -0.4 is 10.6 Å². The molecule has 1 atom stereocenters. The Hall–Kier alpha value is -0.570. The van der Waals surface area contributed by atoms with E-state index in [-0.39, 0.29) is 30.0 Å². The summed E-state index contributed by atoms with van der Waals surface area (Å²) < 4.78 is 0. The third-order valence-electron chi connectivity index (χ3n) is 3.36. The molecule has 2 aromatic rings. The third-order valence-corrected chi connectivity index (χ3v) is 5.14. The number of nitrogens with zero attached hydrogens (tertiary/aromatic N) is 2. The molecule has 1 aromatic carbocycles. The van der Waals surface area contributed by atoms with Crippen LogP contribution in [0.25, 0.3) is 0 Å². The van der Waals surface area contributed by atoms with E-state index in [0.717, 1.165) is 28.6 Å². The van der Waals surface area contributed by atoms with Crippen LogP contribution in [0.1, 0.15) is 36.2 Å². The van der Waals surface area contributed by atoms with Crippen molar-refractivity contribution in [3.05, 3.63) is 49.9 Å². The van der Waals surface area contributed by atoms with Gasteiger partial charge in [-0.15, -0.1) is 35.3 Å². The standard InChI is InChI=1S/C16H20Cl2N4S.HI/c1-4-15-22-12(9-23-15)8-20-16(19-3)21-10(2)11-5-6-13(17)14(18)7-11;/h5-7,9-10H,4,8H2,1-3H3,(H2,19,20,21);1H. The largest absolute Gasteiger partial charge is 0.351 e. The van der Waals surface area contributed by atoms with Gasteiger partial charge in [-0.25, -0.2) is 4.98 Å². The van der Waals surface area contributed by atoms with E-state index in [4.69, 9.17) is 23.2 Å². The Kier molecular flexibility index (Phi) is 9.33. The number of thiazole rings is 1. The van der Waals surface area contributed by atoms with Gasteiger partial charge in [0.2, 0.25) is 0 Å². The minimum Gasteiger partial charge on any atom is -0.351 e. The summed E-state index contributed by atoms with van der Waals surface area (Å²) in [5.41, 5.74) is 2.07. The lowest BCUT2D eigenvalue weighted by Gasteiger charge is -2.18. The molecule has 0 saturated heterocycles. The molecule has 2 rings (SSSR count). The molecule has 0 aliphatic heterocycles. The van der Waals surface area contributed by atoms with Crippen LogP contribution in [-0.4, -0.2) is 18.0 Å². The summed E-state index contributed by atoms with van der Waals surface area (Å²) in [5, 5.41) is 10.9. The minimum atomic E-state index is 0. The Bertz CT molecular complexity index is 690. The number of hydrogen-bond donors (Lipinski definition) is 2. The number of hydrogen-bond acceptors (Lipinski definition) is 3. The Labute approximate surface area is 174 Å². The summed E-state index contributed by atoms with van der Waals surface area (Å²) in [7, 11) is 1.75. The maximum absolute atomic E-state index is 6.07. The Balaban J connectivity index is 0.00000288. The van der Waals surface area contributed by atoms with Gasteiger partial charge in [-0.3, -0.25) is 4.99 Å². The summed E-state index contributed by atoms with van der Waals surface area (Å²) >= 11 is 13.7. The molecule has 1 aromatic heterocycles. The molecular weight excluding hydrogens is 478 g/mol. The van der Waals surface area contributed by atoms with E-state index >= 15 is 0 Å². The molecule has 0 amide bonds. The molecule has 0 bridgehead atoms. The first-order chi connectivity index (χ1) is 11.0. The van der Waals surface area contributed by atoms with Crippen molar-refractivity contribution in [3.8, 4) is 0 Å². The topological polar surface area (TPSA) is 49.3 Å². The second-order valence-electron chi connectivity index (χ2n) is 5.05. The number of rotatable bonds is 5. The zero-order valence-electron chi connectivity index (χ0n) is 13.8. The molecule has 0 spiro atoms. The second kappa shape index (κ2) is 10.4. The SMILES string of the molecule is CCc1nc(CNC(=NC)NC(C)c2ccc(Cl)c(Cl)c2)cs1.I. The fourth-order valence-electron chi connectivity index (χ4n) is 2.03. The predicted molar refractivity (Wildman–Crippen MR) is 115 cm³/mol. The predicted octanol–water partition coefficient (Wildman–Crippen LogP) is 5.06. The quantitative estimate of drug-likeness (QED) is 0.344. The maximum Gasteiger partial charge on any atom is 0.191 e. The molecule has 132 valence electrons. The number of aryl methyl sites for hydroxylation is 1. The molecule has 0 radical (unpaired) electrons. The van der Waals surface area contributed by atoms with Gasteiger partial charge in [-0.2, -0.15) is 0 Å². The van der Waals surface area contributed by atoms with Crippen molar-refractivity contribution >= 4 is 64.5 Å². The average Bonchev–Trinajstić information content (AvgIpc) is 3.01. The van der Waals surface area contributed by atoms with Gasteiger partial charge in [0.1, 0.15) is 0 Å². The van der Waals surface area contributed by atoms with Gasteiger partial charge in [0.25, 0.3) is 0 Å². The highest BCUT2D eigenvalue weighted by molar-refractivity contribution is 14.0. The van der Waals surface area contributed by atoms with Gasteiger partial charge in [-0.1, -0.05) is 36.2 Å². The van der Waals surface area contributed by atoms with Crippen LogP contribution in [0.2, 0.25) is 10.0 Å². The molecular formula is C16H21Cl2IN4S. The first kappa shape index (κ1) is 21.5. The van der Waals surface area contributed by atoms with Crippen molar-refractivity contribution in [1.29, 1.82) is 0 Å². The highest BCUT2D eigenvalue weighted by Crippen LogP contribution is 2.25. The van der Waals surface area contributed by atoms with Crippen LogP contribution in [-0.2, 0) is 13.0 Å². The van der Waals surface area contributed by atoms with Crippen LogP contribution in [0.15, 0.2) is 28.6 Å². The fourth-order valence-corrected chi connectivity index (χ4v) is 3.08. The first-order valence-electron chi connectivity index (χ1n) is 7.39. The van der Waals surface area contributed by atoms with Crippen molar-refractivity contribution in [3.63, 3.8) is 0 Å². The number of aliphatic imine (C=N–C) groups is 1. The van der Waals surface area contributed by atoms with Gasteiger partial charge in [0.15, 0.2) is 5.96 Å². The third kappa shape index (κ3) is 6.06. The van der Waals surface area contributed by atoms with E-state index in [1.165, 1.54) is 0 Å². The molecule has 1 unspecified atom stereocenters. The number of guanidine groups is 1. The maximum atomic E-state index is 6.07. The van der Waals surface area contributed by atoms with Gasteiger partial charge in [0.05, 0.1) is 33.3 Å². The molecule has 0 aliphatic rings. The van der Waals surface area contributed by atoms with Crippen LogP contribution in [0.4, 0.5) is 0 Å². The molecule has 2 N–H and O–H groups in total. The van der Waals surface area contributed by atoms with Crippen molar-refractivity contribution in [2.45, 2.75) is 32.9 Å². The lowest BCUT2D eigenvalue weighted by molar-refractivity contribution is 0.683. The van der Waals surface area contributed by atoms with Crippen molar-refractivity contribution in [1.82, 2.24) is 15.6 Å². The van der Waals surface area contributed by atoms with Crippen molar-refractivity contribution < 1.29 is 0 Å². The molecule has 0 aliphatic carbocycles. The van der Waals surface area contributed by atoms with Gasteiger partial charge in [-0.05, 0) is 31.0 Å². The molecule has 0 saturated carbocycles. The van der Waals surface area contributed by atoms with E-state index in [0.29, 0.717) is 16.6 Å².